The van der Waals surface area contributed by atoms with Crippen LogP contribution in [0.2, 0.25) is 0 Å². The fourth-order valence-corrected chi connectivity index (χ4v) is 4.04. The Morgan fingerprint density at radius 1 is 1.10 bits per heavy atom. The second kappa shape index (κ2) is 7.20. The molecule has 0 radical (unpaired) electrons. The van der Waals surface area contributed by atoms with E-state index in [9.17, 15) is 23.5 Å². The van der Waals surface area contributed by atoms with Gasteiger partial charge in [0.25, 0.3) is 6.47 Å². The molecule has 0 saturated heterocycles. The van der Waals surface area contributed by atoms with Gasteiger partial charge in [0.2, 0.25) is 0 Å². The third-order valence-electron chi connectivity index (χ3n) is 5.34. The summed E-state index contributed by atoms with van der Waals surface area (Å²) in [6.07, 6.45) is 0.331. The molecule has 3 aromatic rings. The molecule has 1 aliphatic rings. The highest BCUT2D eigenvalue weighted by molar-refractivity contribution is 5.84. The first kappa shape index (κ1) is 18.9. The van der Waals surface area contributed by atoms with Crippen molar-refractivity contribution in [3.63, 3.8) is 0 Å². The monoisotopic (exact) mass is 398 g/mol. The molecule has 0 aliphatic heterocycles. The number of rotatable bonds is 7. The number of benzene rings is 2. The molecule has 0 fully saturated rings. The van der Waals surface area contributed by atoms with Gasteiger partial charge in [-0.2, -0.15) is 0 Å². The summed E-state index contributed by atoms with van der Waals surface area (Å²) in [7, 11) is 0. The molecule has 2 aromatic carbocycles. The molecule has 8 heteroatoms. The predicted octanol–water partition coefficient (Wildman–Crippen LogP) is 3.60. The van der Waals surface area contributed by atoms with E-state index in [1.807, 2.05) is 24.3 Å². The van der Waals surface area contributed by atoms with Gasteiger partial charge in [0.15, 0.2) is 11.6 Å². The molecule has 0 bridgehead atoms. The van der Waals surface area contributed by atoms with Gasteiger partial charge in [-0.1, -0.05) is 24.3 Å². The average Bonchev–Trinajstić information content (AvgIpc) is 2.96. The second-order valence-corrected chi connectivity index (χ2v) is 6.91. The molecule has 1 heterocycles. The molecule has 0 saturated carbocycles. The van der Waals surface area contributed by atoms with Crippen molar-refractivity contribution in [1.29, 1.82) is 0 Å². The van der Waals surface area contributed by atoms with Crippen molar-refractivity contribution in [2.45, 2.75) is 24.7 Å². The lowest BCUT2D eigenvalue weighted by molar-refractivity contribution is -0.137. The summed E-state index contributed by atoms with van der Waals surface area (Å²) in [6, 6.07) is 9.29. The number of aromatic nitrogens is 2. The highest BCUT2D eigenvalue weighted by Gasteiger charge is 2.45. The van der Waals surface area contributed by atoms with Crippen LogP contribution >= 0.6 is 0 Å². The number of fused-ring (bicyclic) bond motifs is 4. The van der Waals surface area contributed by atoms with Crippen LogP contribution in [0.5, 0.6) is 0 Å². The lowest BCUT2D eigenvalue weighted by Gasteiger charge is -2.30. The maximum Gasteiger partial charge on any atom is 0.303 e. The van der Waals surface area contributed by atoms with E-state index in [0.29, 0.717) is 17.9 Å². The number of carbonyl (C=O) groups excluding carboxylic acids is 1. The van der Waals surface area contributed by atoms with Gasteiger partial charge in [-0.25, -0.2) is 18.7 Å². The Balaban J connectivity index is 1.97. The molecule has 1 aliphatic carbocycles. The molecule has 1 aromatic heterocycles. The minimum atomic E-state index is -1.04. The third kappa shape index (κ3) is 3.10. The Morgan fingerprint density at radius 3 is 2.48 bits per heavy atom. The summed E-state index contributed by atoms with van der Waals surface area (Å²) < 4.78 is 32.4. The zero-order valence-electron chi connectivity index (χ0n) is 15.2. The molecule has 1 unspecified atom stereocenters. The highest BCUT2D eigenvalue weighted by Crippen LogP contribution is 2.52. The third-order valence-corrected chi connectivity index (χ3v) is 5.34. The quantitative estimate of drug-likeness (QED) is 0.483. The van der Waals surface area contributed by atoms with E-state index in [-0.39, 0.29) is 36.9 Å². The first-order valence-corrected chi connectivity index (χ1v) is 9.00. The van der Waals surface area contributed by atoms with Crippen LogP contribution in [0.15, 0.2) is 36.4 Å². The van der Waals surface area contributed by atoms with Crippen LogP contribution in [0.25, 0.3) is 22.3 Å². The summed E-state index contributed by atoms with van der Waals surface area (Å²) >= 11 is 0. The van der Waals surface area contributed by atoms with Gasteiger partial charge in [-0.15, -0.1) is 0 Å². The summed E-state index contributed by atoms with van der Waals surface area (Å²) in [5.74, 6) is -3.04. The van der Waals surface area contributed by atoms with Gasteiger partial charge < -0.3 is 9.84 Å². The molecule has 29 heavy (non-hydrogen) atoms. The summed E-state index contributed by atoms with van der Waals surface area (Å²) in [5.41, 5.74) is 2.03. The van der Waals surface area contributed by atoms with Crippen LogP contribution < -0.4 is 0 Å². The van der Waals surface area contributed by atoms with Gasteiger partial charge in [-0.05, 0) is 18.4 Å². The fourth-order valence-electron chi connectivity index (χ4n) is 4.04. The largest absolute Gasteiger partial charge is 0.481 e. The van der Waals surface area contributed by atoms with E-state index in [1.165, 1.54) is 0 Å². The summed E-state index contributed by atoms with van der Waals surface area (Å²) in [6.45, 7) is 0.380. The molecule has 148 valence electrons. The van der Waals surface area contributed by atoms with Crippen molar-refractivity contribution in [2.24, 2.45) is 0 Å². The van der Waals surface area contributed by atoms with Crippen molar-refractivity contribution in [3.05, 3.63) is 59.3 Å². The molecule has 1 N–H and O–H groups in total. The first-order chi connectivity index (χ1) is 14.0. The fraction of sp³-hybridized carbons (Fsp3) is 0.238. The van der Waals surface area contributed by atoms with Crippen LogP contribution in [-0.4, -0.2) is 34.1 Å². The van der Waals surface area contributed by atoms with Crippen LogP contribution in [0.3, 0.4) is 0 Å². The first-order valence-electron chi connectivity index (χ1n) is 9.00. The topological polar surface area (TPSA) is 89.4 Å². The summed E-state index contributed by atoms with van der Waals surface area (Å²) in [5, 5.41) is 9.28. The zero-order chi connectivity index (χ0) is 20.6. The van der Waals surface area contributed by atoms with Crippen molar-refractivity contribution in [2.75, 3.05) is 6.61 Å². The predicted molar refractivity (Wildman–Crippen MR) is 99.2 cm³/mol. The number of aliphatic carboxylic acids is 1. The van der Waals surface area contributed by atoms with Crippen molar-refractivity contribution < 1.29 is 28.2 Å². The zero-order valence-corrected chi connectivity index (χ0v) is 15.2. The van der Waals surface area contributed by atoms with Gasteiger partial charge in [0.05, 0.1) is 29.0 Å². The standard InChI is InChI=1S/C21H16F2N2O4/c22-14-9-16-17(10-15(14)23)25-20-19(24-16)12-3-1-2-4-13(12)21(20,6-5-18(27)28)7-8-29-11-26/h1-4,9-11H,5-8H2,(H,27,28). The molecular weight excluding hydrogens is 382 g/mol. The second-order valence-electron chi connectivity index (χ2n) is 6.91. The Hall–Kier alpha value is -3.42. The molecule has 0 spiro atoms. The molecule has 6 nitrogen and oxygen atoms in total. The van der Waals surface area contributed by atoms with Gasteiger partial charge in [0, 0.05) is 29.5 Å². The summed E-state index contributed by atoms with van der Waals surface area (Å²) in [4.78, 5) is 31.1. The van der Waals surface area contributed by atoms with E-state index in [2.05, 4.69) is 9.97 Å². The van der Waals surface area contributed by atoms with Gasteiger partial charge in [0.1, 0.15) is 0 Å². The SMILES string of the molecule is O=COCCC1(CCC(=O)O)c2ccccc2-c2nc3cc(F)c(F)cc3nc21. The number of halogens is 2. The van der Waals surface area contributed by atoms with Crippen LogP contribution in [-0.2, 0) is 19.7 Å². The van der Waals surface area contributed by atoms with Crippen molar-refractivity contribution in [1.82, 2.24) is 9.97 Å². The molecule has 1 atom stereocenters. The Kier molecular flexibility index (Phi) is 4.70. The van der Waals surface area contributed by atoms with E-state index < -0.39 is 23.0 Å². The highest BCUT2D eigenvalue weighted by atomic mass is 19.2. The van der Waals surface area contributed by atoms with Crippen LogP contribution in [0.1, 0.15) is 30.5 Å². The number of nitrogens with zero attached hydrogens (tertiary/aromatic N) is 2. The van der Waals surface area contributed by atoms with E-state index in [4.69, 9.17) is 4.74 Å². The number of carboxylic acids is 1. The normalized spacial score (nSPS) is 17.0. The lowest BCUT2D eigenvalue weighted by atomic mass is 9.74. The van der Waals surface area contributed by atoms with E-state index in [1.54, 1.807) is 0 Å². The van der Waals surface area contributed by atoms with Gasteiger partial charge >= 0.3 is 5.97 Å². The maximum atomic E-state index is 13.8. The van der Waals surface area contributed by atoms with Crippen molar-refractivity contribution in [3.8, 4) is 11.3 Å². The minimum Gasteiger partial charge on any atom is -0.481 e. The van der Waals surface area contributed by atoms with Gasteiger partial charge in [-0.3, -0.25) is 9.59 Å². The Labute approximate surface area is 164 Å². The maximum absolute atomic E-state index is 13.8. The molecule has 0 amide bonds. The number of ether oxygens (including phenoxy) is 1. The van der Waals surface area contributed by atoms with E-state index >= 15 is 0 Å². The number of carbonyl (C=O) groups is 2. The minimum absolute atomic E-state index is 0.0500. The van der Waals surface area contributed by atoms with Crippen molar-refractivity contribution >= 4 is 23.5 Å². The Bertz CT molecular complexity index is 1140. The average molecular weight is 398 g/mol. The number of hydrogen-bond acceptors (Lipinski definition) is 5. The number of carboxylic acid groups (broad SMARTS) is 1. The molecular formula is C21H16F2N2O4. The molecule has 4 rings (SSSR count). The Morgan fingerprint density at radius 2 is 1.79 bits per heavy atom. The van der Waals surface area contributed by atoms with Crippen LogP contribution in [0, 0.1) is 11.6 Å². The van der Waals surface area contributed by atoms with E-state index in [0.717, 1.165) is 23.3 Å². The number of hydrogen-bond donors (Lipinski definition) is 1. The smallest absolute Gasteiger partial charge is 0.303 e. The lowest BCUT2D eigenvalue weighted by Crippen LogP contribution is -2.29. The van der Waals surface area contributed by atoms with Crippen LogP contribution in [0.4, 0.5) is 8.78 Å².